The van der Waals surface area contributed by atoms with Gasteiger partial charge in [0.1, 0.15) is 11.6 Å². The lowest BCUT2D eigenvalue weighted by molar-refractivity contribution is 0.0937. The van der Waals surface area contributed by atoms with Crippen LogP contribution in [0.4, 0.5) is 11.5 Å². The number of methoxy groups -OCH3 is 2. The van der Waals surface area contributed by atoms with Crippen molar-refractivity contribution in [1.82, 2.24) is 15.3 Å². The molecular formula is C28H35N5O3S. The number of aromatic nitrogens is 2. The third kappa shape index (κ3) is 6.93. The van der Waals surface area contributed by atoms with E-state index in [1.165, 1.54) is 5.69 Å². The van der Waals surface area contributed by atoms with Crippen molar-refractivity contribution in [1.29, 1.82) is 0 Å². The number of ether oxygens (including phenoxy) is 2. The monoisotopic (exact) mass is 521 g/mol. The zero-order chi connectivity index (χ0) is 26.2. The molecule has 196 valence electrons. The van der Waals surface area contributed by atoms with E-state index < -0.39 is 0 Å². The van der Waals surface area contributed by atoms with E-state index in [4.69, 9.17) is 19.4 Å². The molecule has 1 saturated heterocycles. The van der Waals surface area contributed by atoms with E-state index in [0.29, 0.717) is 24.5 Å². The Morgan fingerprint density at radius 1 is 1.00 bits per heavy atom. The van der Waals surface area contributed by atoms with Crippen LogP contribution >= 0.6 is 11.8 Å². The number of hydrogen-bond acceptors (Lipinski definition) is 8. The van der Waals surface area contributed by atoms with E-state index in [1.54, 1.807) is 26.0 Å². The standard InChI is InChI=1S/C28H35N5O3S/c1-20-21(2)30-28(37-19-22-6-5-7-23(18-22)27(34)29-12-17-35-3)31-26(20)33-15-13-32(14-16-33)24-8-10-25(36-4)11-9-24/h5-11,18H,12-17,19H2,1-4H3,(H,29,34). The Morgan fingerprint density at radius 3 is 2.43 bits per heavy atom. The summed E-state index contributed by atoms with van der Waals surface area (Å²) in [7, 11) is 3.31. The van der Waals surface area contributed by atoms with Crippen molar-refractivity contribution in [3.8, 4) is 5.75 Å². The predicted octanol–water partition coefficient (Wildman–Crippen LogP) is 4.10. The summed E-state index contributed by atoms with van der Waals surface area (Å²) in [5.41, 5.74) is 5.03. The largest absolute Gasteiger partial charge is 0.497 e. The highest BCUT2D eigenvalue weighted by molar-refractivity contribution is 7.98. The molecule has 1 aliphatic rings. The summed E-state index contributed by atoms with van der Waals surface area (Å²) < 4.78 is 10.3. The average molecular weight is 522 g/mol. The number of hydrogen-bond donors (Lipinski definition) is 1. The van der Waals surface area contributed by atoms with Crippen LogP contribution in [0.2, 0.25) is 0 Å². The van der Waals surface area contributed by atoms with E-state index in [0.717, 1.165) is 59.7 Å². The number of anilines is 2. The Balaban J connectivity index is 1.39. The lowest BCUT2D eigenvalue weighted by atomic mass is 10.1. The van der Waals surface area contributed by atoms with Crippen LogP contribution < -0.4 is 19.9 Å². The Hall–Kier alpha value is -3.30. The third-order valence-corrected chi connectivity index (χ3v) is 7.43. The van der Waals surface area contributed by atoms with Gasteiger partial charge in [0.2, 0.25) is 0 Å². The van der Waals surface area contributed by atoms with Gasteiger partial charge in [0, 0.05) is 68.1 Å². The SMILES string of the molecule is COCCNC(=O)c1cccc(CSc2nc(C)c(C)c(N3CCN(c4ccc(OC)cc4)CC3)n2)c1. The molecule has 0 saturated carbocycles. The Morgan fingerprint density at radius 2 is 1.73 bits per heavy atom. The zero-order valence-corrected chi connectivity index (χ0v) is 22.8. The van der Waals surface area contributed by atoms with Gasteiger partial charge < -0.3 is 24.6 Å². The summed E-state index contributed by atoms with van der Waals surface area (Å²) in [5, 5.41) is 3.62. The van der Waals surface area contributed by atoms with Gasteiger partial charge in [-0.05, 0) is 55.8 Å². The fourth-order valence-electron chi connectivity index (χ4n) is 4.25. The molecule has 3 aromatic rings. The van der Waals surface area contributed by atoms with Gasteiger partial charge in [-0.3, -0.25) is 4.79 Å². The summed E-state index contributed by atoms with van der Waals surface area (Å²) >= 11 is 1.59. The van der Waals surface area contributed by atoms with E-state index in [-0.39, 0.29) is 5.91 Å². The van der Waals surface area contributed by atoms with Gasteiger partial charge in [-0.2, -0.15) is 0 Å². The van der Waals surface area contributed by atoms with Gasteiger partial charge in [-0.25, -0.2) is 9.97 Å². The lowest BCUT2D eigenvalue weighted by Gasteiger charge is -2.37. The van der Waals surface area contributed by atoms with E-state index in [9.17, 15) is 4.79 Å². The smallest absolute Gasteiger partial charge is 0.251 e. The Labute approximate surface area is 223 Å². The van der Waals surface area contributed by atoms with Crippen LogP contribution in [0.3, 0.4) is 0 Å². The number of nitrogens with zero attached hydrogens (tertiary/aromatic N) is 4. The van der Waals surface area contributed by atoms with Gasteiger partial charge in [-0.15, -0.1) is 0 Å². The molecule has 0 aliphatic carbocycles. The highest BCUT2D eigenvalue weighted by atomic mass is 32.2. The van der Waals surface area contributed by atoms with Gasteiger partial charge in [0.25, 0.3) is 5.91 Å². The van der Waals surface area contributed by atoms with Gasteiger partial charge in [0.05, 0.1) is 13.7 Å². The second-order valence-corrected chi connectivity index (χ2v) is 9.89. The van der Waals surface area contributed by atoms with Crippen LogP contribution in [0, 0.1) is 13.8 Å². The van der Waals surface area contributed by atoms with Crippen LogP contribution in [0.5, 0.6) is 5.75 Å². The van der Waals surface area contributed by atoms with Gasteiger partial charge in [0.15, 0.2) is 5.16 Å². The van der Waals surface area contributed by atoms with Crippen molar-refractivity contribution in [2.75, 3.05) is 63.4 Å². The minimum absolute atomic E-state index is 0.0950. The van der Waals surface area contributed by atoms with E-state index in [1.807, 2.05) is 43.3 Å². The molecular weight excluding hydrogens is 486 g/mol. The van der Waals surface area contributed by atoms with Crippen molar-refractivity contribution in [2.24, 2.45) is 0 Å². The van der Waals surface area contributed by atoms with Crippen molar-refractivity contribution >= 4 is 29.2 Å². The van der Waals surface area contributed by atoms with E-state index >= 15 is 0 Å². The first-order valence-corrected chi connectivity index (χ1v) is 13.4. The summed E-state index contributed by atoms with van der Waals surface area (Å²) in [4.78, 5) is 26.8. The number of benzene rings is 2. The molecule has 1 aliphatic heterocycles. The zero-order valence-electron chi connectivity index (χ0n) is 22.0. The minimum Gasteiger partial charge on any atom is -0.497 e. The number of nitrogens with one attached hydrogen (secondary N) is 1. The molecule has 2 aromatic carbocycles. The third-order valence-electron chi connectivity index (χ3n) is 6.51. The number of amides is 1. The van der Waals surface area contributed by atoms with Gasteiger partial charge >= 0.3 is 0 Å². The molecule has 0 spiro atoms. The number of piperazine rings is 1. The molecule has 0 atom stereocenters. The summed E-state index contributed by atoms with van der Waals surface area (Å²) in [6, 6.07) is 15.9. The molecule has 4 rings (SSSR count). The second-order valence-electron chi connectivity index (χ2n) is 8.95. The second kappa shape index (κ2) is 12.8. The fourth-order valence-corrected chi connectivity index (χ4v) is 5.08. The quantitative estimate of drug-likeness (QED) is 0.243. The van der Waals surface area contributed by atoms with Crippen LogP contribution in [-0.4, -0.2) is 69.4 Å². The molecule has 1 N–H and O–H groups in total. The molecule has 9 heteroatoms. The van der Waals surface area contributed by atoms with Gasteiger partial charge in [-0.1, -0.05) is 23.9 Å². The van der Waals surface area contributed by atoms with Crippen molar-refractivity contribution < 1.29 is 14.3 Å². The number of aryl methyl sites for hydroxylation is 1. The maximum atomic E-state index is 12.4. The molecule has 1 amide bonds. The molecule has 8 nitrogen and oxygen atoms in total. The number of thioether (sulfide) groups is 1. The topological polar surface area (TPSA) is 79.8 Å². The van der Waals surface area contributed by atoms with Crippen LogP contribution in [0.15, 0.2) is 53.7 Å². The molecule has 1 aromatic heterocycles. The van der Waals surface area contributed by atoms with Crippen molar-refractivity contribution in [2.45, 2.75) is 24.8 Å². The first kappa shape index (κ1) is 26.8. The summed E-state index contributed by atoms with van der Waals surface area (Å²) in [5.74, 6) is 2.47. The number of rotatable bonds is 10. The maximum absolute atomic E-state index is 12.4. The molecule has 0 unspecified atom stereocenters. The highest BCUT2D eigenvalue weighted by Gasteiger charge is 2.21. The predicted molar refractivity (Wildman–Crippen MR) is 149 cm³/mol. The Bertz CT molecular complexity index is 1200. The minimum atomic E-state index is -0.0950. The first-order chi connectivity index (χ1) is 18.0. The number of carbonyl (C=O) groups excluding carboxylic acids is 1. The lowest BCUT2D eigenvalue weighted by Crippen LogP contribution is -2.47. The molecule has 1 fully saturated rings. The van der Waals surface area contributed by atoms with E-state index in [2.05, 4.69) is 34.2 Å². The van der Waals surface area contributed by atoms with Crippen molar-refractivity contribution in [3.63, 3.8) is 0 Å². The summed E-state index contributed by atoms with van der Waals surface area (Å²) in [6.45, 7) is 8.77. The van der Waals surface area contributed by atoms with Crippen LogP contribution in [0.1, 0.15) is 27.2 Å². The normalized spacial score (nSPS) is 13.5. The van der Waals surface area contributed by atoms with Crippen LogP contribution in [0.25, 0.3) is 0 Å². The summed E-state index contributed by atoms with van der Waals surface area (Å²) in [6.07, 6.45) is 0. The van der Waals surface area contributed by atoms with Crippen LogP contribution in [-0.2, 0) is 10.5 Å². The molecule has 2 heterocycles. The Kier molecular flexibility index (Phi) is 9.24. The highest BCUT2D eigenvalue weighted by Crippen LogP contribution is 2.28. The van der Waals surface area contributed by atoms with Crippen molar-refractivity contribution in [3.05, 3.63) is 70.9 Å². The average Bonchev–Trinajstić information content (AvgIpc) is 2.94. The molecule has 37 heavy (non-hydrogen) atoms. The number of carbonyl (C=O) groups is 1. The molecule has 0 bridgehead atoms. The fraction of sp³-hybridized carbons (Fsp3) is 0.393. The molecule has 0 radical (unpaired) electrons. The maximum Gasteiger partial charge on any atom is 0.251 e. The first-order valence-electron chi connectivity index (χ1n) is 12.5.